The van der Waals surface area contributed by atoms with Crippen LogP contribution in [0.4, 0.5) is 0 Å². The Labute approximate surface area is 170 Å². The number of benzene rings is 2. The van der Waals surface area contributed by atoms with Gasteiger partial charge < -0.3 is 10.2 Å². The van der Waals surface area contributed by atoms with Crippen molar-refractivity contribution >= 4 is 23.4 Å². The van der Waals surface area contributed by atoms with Crippen LogP contribution < -0.4 is 5.32 Å². The lowest BCUT2D eigenvalue weighted by Crippen LogP contribution is -2.32. The van der Waals surface area contributed by atoms with E-state index in [0.717, 1.165) is 36.8 Å². The summed E-state index contributed by atoms with van der Waals surface area (Å²) in [6, 6.07) is 16.0. The molecule has 0 aromatic heterocycles. The molecule has 4 nitrogen and oxygen atoms in total. The largest absolute Gasteiger partial charge is 0.349 e. The maximum Gasteiger partial charge on any atom is 0.251 e. The summed E-state index contributed by atoms with van der Waals surface area (Å²) in [7, 11) is 0. The van der Waals surface area contributed by atoms with Gasteiger partial charge in [-0.3, -0.25) is 9.59 Å². The third-order valence-electron chi connectivity index (χ3n) is 5.36. The highest BCUT2D eigenvalue weighted by Crippen LogP contribution is 2.29. The number of hydrogen-bond donors (Lipinski definition) is 1. The minimum Gasteiger partial charge on any atom is -0.349 e. The topological polar surface area (TPSA) is 49.4 Å². The van der Waals surface area contributed by atoms with Crippen LogP contribution >= 0.6 is 11.6 Å². The molecule has 4 rings (SSSR count). The molecule has 2 amide bonds. The Balaban J connectivity index is 1.36. The van der Waals surface area contributed by atoms with Gasteiger partial charge in [0.2, 0.25) is 5.91 Å². The van der Waals surface area contributed by atoms with E-state index in [-0.39, 0.29) is 11.8 Å². The second kappa shape index (κ2) is 8.36. The van der Waals surface area contributed by atoms with Crippen molar-refractivity contribution in [2.45, 2.75) is 57.2 Å². The van der Waals surface area contributed by atoms with Crippen molar-refractivity contribution < 1.29 is 9.59 Å². The summed E-state index contributed by atoms with van der Waals surface area (Å²) in [6.45, 7) is 0.594. The normalized spacial score (nSPS) is 15.9. The van der Waals surface area contributed by atoms with Crippen LogP contribution in [0.5, 0.6) is 0 Å². The summed E-state index contributed by atoms with van der Waals surface area (Å²) in [6.07, 6.45) is 5.41. The lowest BCUT2D eigenvalue weighted by molar-refractivity contribution is -0.132. The van der Waals surface area contributed by atoms with Gasteiger partial charge in [0.15, 0.2) is 0 Å². The number of halogens is 1. The van der Waals surface area contributed by atoms with Crippen molar-refractivity contribution in [3.8, 4) is 0 Å². The van der Waals surface area contributed by atoms with Crippen LogP contribution in [0.1, 0.15) is 53.6 Å². The van der Waals surface area contributed by atoms with Gasteiger partial charge in [-0.1, -0.05) is 41.9 Å². The number of amides is 2. The minimum absolute atomic E-state index is 0.0103. The molecule has 2 fully saturated rings. The van der Waals surface area contributed by atoms with Crippen LogP contribution in [0, 0.1) is 0 Å². The second-order valence-corrected chi connectivity index (χ2v) is 8.20. The number of nitrogens with zero attached hydrogens (tertiary/aromatic N) is 1. The van der Waals surface area contributed by atoms with Gasteiger partial charge in [-0.2, -0.15) is 0 Å². The Morgan fingerprint density at radius 1 is 1.00 bits per heavy atom. The van der Waals surface area contributed by atoms with E-state index in [1.165, 1.54) is 0 Å². The van der Waals surface area contributed by atoms with E-state index in [2.05, 4.69) is 5.32 Å². The molecule has 0 aliphatic heterocycles. The van der Waals surface area contributed by atoms with Gasteiger partial charge in [0.1, 0.15) is 0 Å². The molecule has 0 heterocycles. The van der Waals surface area contributed by atoms with E-state index in [1.807, 2.05) is 53.4 Å². The molecule has 5 heteroatoms. The molecular formula is C23H25ClN2O2. The average Bonchev–Trinajstić information content (AvgIpc) is 3.60. The van der Waals surface area contributed by atoms with E-state index in [9.17, 15) is 9.59 Å². The van der Waals surface area contributed by atoms with Crippen molar-refractivity contribution in [2.24, 2.45) is 0 Å². The summed E-state index contributed by atoms with van der Waals surface area (Å²) in [5, 5.41) is 3.72. The second-order valence-electron chi connectivity index (χ2n) is 7.79. The fraction of sp³-hybridized carbons (Fsp3) is 0.391. The van der Waals surface area contributed by atoms with Crippen molar-refractivity contribution in [1.82, 2.24) is 10.2 Å². The van der Waals surface area contributed by atoms with Gasteiger partial charge in [0.25, 0.3) is 5.91 Å². The van der Waals surface area contributed by atoms with Gasteiger partial charge >= 0.3 is 0 Å². The summed E-state index contributed by atoms with van der Waals surface area (Å²) >= 11 is 6.21. The number of aryl methyl sites for hydroxylation is 1. The Bertz CT molecular complexity index is 857. The molecule has 146 valence electrons. The molecule has 0 bridgehead atoms. The number of carbonyl (C=O) groups is 2. The first kappa shape index (κ1) is 19.0. The Morgan fingerprint density at radius 2 is 1.71 bits per heavy atom. The van der Waals surface area contributed by atoms with Crippen LogP contribution in [-0.4, -0.2) is 28.8 Å². The van der Waals surface area contributed by atoms with Crippen molar-refractivity contribution in [2.75, 3.05) is 0 Å². The third kappa shape index (κ3) is 4.93. The molecule has 2 aromatic carbocycles. The molecule has 2 saturated carbocycles. The van der Waals surface area contributed by atoms with E-state index in [4.69, 9.17) is 11.6 Å². The highest BCUT2D eigenvalue weighted by atomic mass is 35.5. The summed E-state index contributed by atoms with van der Waals surface area (Å²) in [5.41, 5.74) is 2.75. The van der Waals surface area contributed by atoms with Crippen LogP contribution in [0.2, 0.25) is 5.02 Å². The Kier molecular flexibility index (Phi) is 5.67. The van der Waals surface area contributed by atoms with Gasteiger partial charge in [0, 0.05) is 35.6 Å². The van der Waals surface area contributed by atoms with Crippen LogP contribution in [0.15, 0.2) is 48.5 Å². The van der Waals surface area contributed by atoms with Gasteiger partial charge in [-0.25, -0.2) is 0 Å². The van der Waals surface area contributed by atoms with Gasteiger partial charge in [-0.05, 0) is 61.4 Å². The zero-order chi connectivity index (χ0) is 19.5. The van der Waals surface area contributed by atoms with E-state index in [0.29, 0.717) is 42.1 Å². The zero-order valence-electron chi connectivity index (χ0n) is 15.9. The van der Waals surface area contributed by atoms with Crippen molar-refractivity contribution in [3.05, 3.63) is 70.2 Å². The van der Waals surface area contributed by atoms with Gasteiger partial charge in [0.05, 0.1) is 0 Å². The molecule has 0 spiro atoms. The standard InChI is InChI=1S/C23H25ClN2O2/c24-21-4-2-1-3-17(21)9-14-22(27)26(20-12-13-20)15-16-5-7-18(8-6-16)23(28)25-19-10-11-19/h1-8,19-20H,9-15H2,(H,25,28). The van der Waals surface area contributed by atoms with Crippen LogP contribution in [-0.2, 0) is 17.8 Å². The Hall–Kier alpha value is -2.33. The van der Waals surface area contributed by atoms with Crippen LogP contribution in [0.3, 0.4) is 0 Å². The highest BCUT2D eigenvalue weighted by Gasteiger charge is 2.32. The summed E-state index contributed by atoms with van der Waals surface area (Å²) < 4.78 is 0. The molecule has 0 atom stereocenters. The minimum atomic E-state index is -0.0103. The average molecular weight is 397 g/mol. The fourth-order valence-electron chi connectivity index (χ4n) is 3.35. The molecule has 0 saturated heterocycles. The zero-order valence-corrected chi connectivity index (χ0v) is 16.6. The SMILES string of the molecule is O=C(NC1CC1)c1ccc(CN(C(=O)CCc2ccccc2Cl)C2CC2)cc1. The number of carbonyl (C=O) groups excluding carboxylic acids is 2. The summed E-state index contributed by atoms with van der Waals surface area (Å²) in [4.78, 5) is 26.9. The number of hydrogen-bond acceptors (Lipinski definition) is 2. The molecule has 0 unspecified atom stereocenters. The molecular weight excluding hydrogens is 372 g/mol. The first-order chi connectivity index (χ1) is 13.6. The van der Waals surface area contributed by atoms with Crippen LogP contribution in [0.25, 0.3) is 0 Å². The molecule has 2 aliphatic carbocycles. The molecule has 28 heavy (non-hydrogen) atoms. The van der Waals surface area contributed by atoms with E-state index >= 15 is 0 Å². The molecule has 1 N–H and O–H groups in total. The quantitative estimate of drug-likeness (QED) is 0.720. The maximum atomic E-state index is 12.8. The highest BCUT2D eigenvalue weighted by molar-refractivity contribution is 6.31. The van der Waals surface area contributed by atoms with E-state index < -0.39 is 0 Å². The maximum absolute atomic E-state index is 12.8. The Morgan fingerprint density at radius 3 is 2.36 bits per heavy atom. The molecule has 2 aliphatic rings. The predicted octanol–water partition coefficient (Wildman–Crippen LogP) is 4.36. The van der Waals surface area contributed by atoms with Gasteiger partial charge in [-0.15, -0.1) is 0 Å². The summed E-state index contributed by atoms with van der Waals surface area (Å²) in [5.74, 6) is 0.155. The fourth-order valence-corrected chi connectivity index (χ4v) is 3.58. The molecule has 2 aromatic rings. The van der Waals surface area contributed by atoms with Crippen molar-refractivity contribution in [3.63, 3.8) is 0 Å². The first-order valence-corrected chi connectivity index (χ1v) is 10.4. The van der Waals surface area contributed by atoms with Crippen molar-refractivity contribution in [1.29, 1.82) is 0 Å². The number of nitrogens with one attached hydrogen (secondary N) is 1. The molecule has 0 radical (unpaired) electrons. The van der Waals surface area contributed by atoms with E-state index in [1.54, 1.807) is 0 Å². The number of rotatable bonds is 8. The third-order valence-corrected chi connectivity index (χ3v) is 5.72. The first-order valence-electron chi connectivity index (χ1n) is 10.0. The lowest BCUT2D eigenvalue weighted by Gasteiger charge is -2.23. The predicted molar refractivity (Wildman–Crippen MR) is 110 cm³/mol. The smallest absolute Gasteiger partial charge is 0.251 e. The monoisotopic (exact) mass is 396 g/mol. The lowest BCUT2D eigenvalue weighted by atomic mass is 10.1.